The maximum absolute atomic E-state index is 12.0. The highest BCUT2D eigenvalue weighted by Gasteiger charge is 2.47. The summed E-state index contributed by atoms with van der Waals surface area (Å²) in [5.74, 6) is -0.992. The van der Waals surface area contributed by atoms with Crippen LogP contribution in [0.15, 0.2) is 18.6 Å². The summed E-state index contributed by atoms with van der Waals surface area (Å²) in [5.41, 5.74) is -2.17. The molecule has 1 fully saturated rings. The molecule has 198 valence electrons. The van der Waals surface area contributed by atoms with Gasteiger partial charge in [0.1, 0.15) is 12.3 Å². The van der Waals surface area contributed by atoms with E-state index >= 15 is 0 Å². The molecule has 0 radical (unpaired) electrons. The first-order valence-electron chi connectivity index (χ1n) is 10.5. The predicted octanol–water partition coefficient (Wildman–Crippen LogP) is -2.38. The number of carbonyl (C=O) groups excluding carboxylic acids is 3. The first-order valence-corrected chi connectivity index (χ1v) is 13.4. The Morgan fingerprint density at radius 3 is 2.50 bits per heavy atom. The van der Waals surface area contributed by atoms with E-state index in [1.54, 1.807) is 5.32 Å². The lowest BCUT2D eigenvalue weighted by Crippen LogP contribution is -2.47. The van der Waals surface area contributed by atoms with Gasteiger partial charge in [0.25, 0.3) is 5.91 Å². The van der Waals surface area contributed by atoms with Crippen molar-refractivity contribution in [2.75, 3.05) is 52.4 Å². The number of carbonyl (C=O) groups is 3. The number of hydrogen-bond donors (Lipinski definition) is 6. The number of hydrogen-bond acceptors (Lipinski definition) is 11. The molecular weight excluding hydrogens is 525 g/mol. The highest BCUT2D eigenvalue weighted by Crippen LogP contribution is 2.49. The fourth-order valence-corrected chi connectivity index (χ4v) is 4.26. The second kappa shape index (κ2) is 14.9. The minimum absolute atomic E-state index is 0.0526. The van der Waals surface area contributed by atoms with Gasteiger partial charge in [0.15, 0.2) is 0 Å². The van der Waals surface area contributed by atoms with E-state index in [1.165, 1.54) is 18.6 Å². The molecule has 1 aromatic heterocycles. The Labute approximate surface area is 206 Å². The number of nitrogens with one attached hydrogen (secondary N) is 3. The molecule has 0 bridgehead atoms. The molecule has 1 saturated heterocycles. The van der Waals surface area contributed by atoms with Gasteiger partial charge in [-0.15, -0.1) is 0 Å². The molecule has 0 aromatic carbocycles. The molecule has 17 nitrogen and oxygen atoms in total. The van der Waals surface area contributed by atoms with Gasteiger partial charge in [0.05, 0.1) is 19.2 Å². The lowest BCUT2D eigenvalue weighted by Gasteiger charge is -2.27. The normalized spacial score (nSPS) is 16.2. The summed E-state index contributed by atoms with van der Waals surface area (Å²) >= 11 is 0. The number of rotatable bonds is 11. The van der Waals surface area contributed by atoms with Gasteiger partial charge in [-0.2, -0.15) is 4.89 Å². The zero-order valence-electron chi connectivity index (χ0n) is 18.9. The van der Waals surface area contributed by atoms with Crippen molar-refractivity contribution in [3.8, 4) is 0 Å². The SMILES string of the molecule is O=C(CNC(=O)c1cnccn1)NCB1OCCN(CCOC(=O)NC([P+](=O)O)P(=O)(O)O)CCO1. The van der Waals surface area contributed by atoms with Crippen LogP contribution in [0.1, 0.15) is 10.5 Å². The van der Waals surface area contributed by atoms with Gasteiger partial charge >= 0.3 is 34.4 Å². The van der Waals surface area contributed by atoms with Crippen molar-refractivity contribution in [2.24, 2.45) is 0 Å². The average Bonchev–Trinajstić information content (AvgIpc) is 2.81. The quantitative estimate of drug-likeness (QED) is 0.124. The molecule has 20 heteroatoms. The number of amides is 3. The molecule has 2 heterocycles. The van der Waals surface area contributed by atoms with Crippen LogP contribution in [-0.2, 0) is 28.0 Å². The second-order valence-electron chi connectivity index (χ2n) is 7.14. The Balaban J connectivity index is 1.61. The lowest BCUT2D eigenvalue weighted by atomic mass is 9.90. The first kappa shape index (κ1) is 29.7. The topological polar surface area (TPSA) is 239 Å². The highest BCUT2D eigenvalue weighted by atomic mass is 31.2. The summed E-state index contributed by atoms with van der Waals surface area (Å²) in [6.07, 6.45) is 2.86. The third-order valence-corrected chi connectivity index (χ3v) is 7.32. The van der Waals surface area contributed by atoms with Gasteiger partial charge in [-0.3, -0.25) is 29.4 Å². The van der Waals surface area contributed by atoms with Crippen molar-refractivity contribution in [1.29, 1.82) is 0 Å². The summed E-state index contributed by atoms with van der Waals surface area (Å²) in [6, 6.07) is 0. The maximum Gasteiger partial charge on any atom is 0.544 e. The molecule has 2 rings (SSSR count). The fraction of sp³-hybridized carbons (Fsp3) is 0.562. The Hall–Kier alpha value is -2.56. The summed E-state index contributed by atoms with van der Waals surface area (Å²) in [7, 11) is -9.11. The van der Waals surface area contributed by atoms with Crippen molar-refractivity contribution < 1.29 is 52.2 Å². The monoisotopic (exact) mass is 551 g/mol. The first-order chi connectivity index (χ1) is 17.1. The zero-order valence-corrected chi connectivity index (χ0v) is 20.7. The second-order valence-corrected chi connectivity index (χ2v) is 10.4. The zero-order chi connectivity index (χ0) is 26.6. The molecule has 1 aromatic rings. The van der Waals surface area contributed by atoms with Crippen LogP contribution in [0, 0.1) is 0 Å². The van der Waals surface area contributed by atoms with Crippen LogP contribution in [0.4, 0.5) is 4.79 Å². The van der Waals surface area contributed by atoms with E-state index in [-0.39, 0.29) is 45.0 Å². The Bertz CT molecular complexity index is 946. The van der Waals surface area contributed by atoms with Crippen LogP contribution in [0.3, 0.4) is 0 Å². The third-order valence-electron chi connectivity index (χ3n) is 4.51. The summed E-state index contributed by atoms with van der Waals surface area (Å²) < 4.78 is 38.0. The molecular formula is C16H26BN6O11P2+. The average molecular weight is 551 g/mol. The Kier molecular flexibility index (Phi) is 12.3. The van der Waals surface area contributed by atoms with Crippen molar-refractivity contribution in [1.82, 2.24) is 30.8 Å². The largest absolute Gasteiger partial charge is 0.544 e. The van der Waals surface area contributed by atoms with Gasteiger partial charge < -0.3 is 34.5 Å². The van der Waals surface area contributed by atoms with E-state index in [0.717, 1.165) is 0 Å². The highest BCUT2D eigenvalue weighted by molar-refractivity contribution is 7.65. The maximum atomic E-state index is 12.0. The van der Waals surface area contributed by atoms with E-state index in [2.05, 4.69) is 20.6 Å². The minimum Gasteiger partial charge on any atom is -0.448 e. The molecule has 0 aliphatic carbocycles. The van der Waals surface area contributed by atoms with E-state index in [4.69, 9.17) is 28.7 Å². The minimum atomic E-state index is -5.03. The molecule has 0 saturated carbocycles. The van der Waals surface area contributed by atoms with Gasteiger partial charge in [-0.1, -0.05) is 0 Å². The van der Waals surface area contributed by atoms with Crippen molar-refractivity contribution in [2.45, 2.75) is 5.52 Å². The molecule has 1 aliphatic heterocycles. The molecule has 6 N–H and O–H groups in total. The molecule has 1 aliphatic rings. The third kappa shape index (κ3) is 11.0. The fourth-order valence-electron chi connectivity index (χ4n) is 2.74. The number of aromatic nitrogens is 2. The summed E-state index contributed by atoms with van der Waals surface area (Å²) in [6.45, 7) is 1.11. The van der Waals surface area contributed by atoms with Crippen molar-refractivity contribution in [3.63, 3.8) is 0 Å². The van der Waals surface area contributed by atoms with Gasteiger partial charge in [-0.25, -0.2) is 9.78 Å². The smallest absolute Gasteiger partial charge is 0.448 e. The molecule has 2 atom stereocenters. The molecule has 2 unspecified atom stereocenters. The molecule has 0 spiro atoms. The van der Waals surface area contributed by atoms with E-state index in [1.807, 2.05) is 4.90 Å². The van der Waals surface area contributed by atoms with Crippen LogP contribution in [-0.4, -0.2) is 113 Å². The number of nitrogens with zero attached hydrogens (tertiary/aromatic N) is 3. The van der Waals surface area contributed by atoms with Crippen molar-refractivity contribution in [3.05, 3.63) is 24.3 Å². The number of alkyl carbamates (subject to hydrolysis) is 1. The van der Waals surface area contributed by atoms with Crippen LogP contribution in [0.2, 0.25) is 0 Å². The van der Waals surface area contributed by atoms with Crippen molar-refractivity contribution >= 4 is 40.6 Å². The summed E-state index contributed by atoms with van der Waals surface area (Å²) in [4.78, 5) is 71.8. The Morgan fingerprint density at radius 1 is 1.22 bits per heavy atom. The van der Waals surface area contributed by atoms with E-state index in [0.29, 0.717) is 13.1 Å². The standard InChI is InChI=1S/C16H25BN6O11P2/c24-13(10-20-14(25)12-9-18-1-2-19-12)21-11-17-33-7-4-23(5-8-34-17)3-6-32-15(26)22-16(35(27)28)36(29,30)31/h1-2,9,16H,3-8,10-11H2,(H5-,20,21,22,24,25,26,27,28,29,30,31)/p+1. The number of ether oxygens (including phenoxy) is 1. The van der Waals surface area contributed by atoms with Gasteiger partial charge in [0, 0.05) is 45.2 Å². The summed E-state index contributed by atoms with van der Waals surface area (Å²) in [5, 5.41) is 6.68. The van der Waals surface area contributed by atoms with E-state index in [9.17, 15) is 23.5 Å². The predicted molar refractivity (Wildman–Crippen MR) is 122 cm³/mol. The van der Waals surface area contributed by atoms with Crippen LogP contribution >= 0.6 is 15.6 Å². The van der Waals surface area contributed by atoms with Crippen LogP contribution < -0.4 is 16.0 Å². The van der Waals surface area contributed by atoms with E-state index < -0.39 is 46.2 Å². The van der Waals surface area contributed by atoms with Gasteiger partial charge in [-0.05, 0) is 4.57 Å². The molecule has 3 amide bonds. The van der Waals surface area contributed by atoms with Crippen LogP contribution in [0.5, 0.6) is 0 Å². The van der Waals surface area contributed by atoms with Gasteiger partial charge in [0.2, 0.25) is 5.91 Å². The Morgan fingerprint density at radius 2 is 1.92 bits per heavy atom. The molecule has 36 heavy (non-hydrogen) atoms. The van der Waals surface area contributed by atoms with Crippen LogP contribution in [0.25, 0.3) is 0 Å². The lowest BCUT2D eigenvalue weighted by molar-refractivity contribution is -0.119.